The summed E-state index contributed by atoms with van der Waals surface area (Å²) in [5, 5.41) is 8.31. The quantitative estimate of drug-likeness (QED) is 0.794. The molecule has 28 heavy (non-hydrogen) atoms. The Kier molecular flexibility index (Phi) is 5.34. The molecule has 0 radical (unpaired) electrons. The molecule has 0 aliphatic carbocycles. The topological polar surface area (TPSA) is 61.8 Å². The second-order valence-electron chi connectivity index (χ2n) is 6.75. The predicted octanol–water partition coefficient (Wildman–Crippen LogP) is 1.55. The van der Waals surface area contributed by atoms with E-state index in [0.717, 1.165) is 36.7 Å². The van der Waals surface area contributed by atoms with Gasteiger partial charge in [-0.15, -0.1) is 5.10 Å². The average molecular weight is 389 g/mol. The monoisotopic (exact) mass is 389 g/mol. The standard InChI is InChI=1S/C19H21F2N5O2/c20-15-2-1-3-16(21)18(15)19(27)26-6-4-24(5-7-26)14-12-17(23-22-13-14)25-8-10-28-11-9-25/h1-3,12-13H,4-11H2. The van der Waals surface area contributed by atoms with E-state index in [1.165, 1.54) is 11.0 Å². The fourth-order valence-electron chi connectivity index (χ4n) is 3.49. The number of aromatic nitrogens is 2. The molecule has 2 aliphatic rings. The lowest BCUT2D eigenvalue weighted by Gasteiger charge is -2.36. The second-order valence-corrected chi connectivity index (χ2v) is 6.75. The lowest BCUT2D eigenvalue weighted by molar-refractivity contribution is 0.0737. The Morgan fingerprint density at radius 1 is 0.964 bits per heavy atom. The van der Waals surface area contributed by atoms with Gasteiger partial charge >= 0.3 is 0 Å². The SMILES string of the molecule is O=C(c1c(F)cccc1F)N1CCN(c2cnnc(N3CCOCC3)c2)CC1. The van der Waals surface area contributed by atoms with Crippen molar-refractivity contribution in [3.63, 3.8) is 0 Å². The summed E-state index contributed by atoms with van der Waals surface area (Å²) in [6, 6.07) is 5.43. The van der Waals surface area contributed by atoms with Crippen molar-refractivity contribution in [2.75, 3.05) is 62.3 Å². The lowest BCUT2D eigenvalue weighted by Crippen LogP contribution is -2.49. The number of ether oxygens (including phenoxy) is 1. The van der Waals surface area contributed by atoms with Crippen LogP contribution in [0.4, 0.5) is 20.3 Å². The summed E-state index contributed by atoms with van der Waals surface area (Å²) in [6.07, 6.45) is 1.69. The Balaban J connectivity index is 1.42. The molecule has 2 fully saturated rings. The van der Waals surface area contributed by atoms with Crippen molar-refractivity contribution in [1.82, 2.24) is 15.1 Å². The first-order valence-electron chi connectivity index (χ1n) is 9.27. The number of halogens is 2. The number of amides is 1. The number of hydrogen-bond donors (Lipinski definition) is 0. The fraction of sp³-hybridized carbons (Fsp3) is 0.421. The van der Waals surface area contributed by atoms with Gasteiger partial charge in [0.2, 0.25) is 0 Å². The molecule has 1 aromatic carbocycles. The minimum atomic E-state index is -0.832. The molecule has 7 nitrogen and oxygen atoms in total. The van der Waals surface area contributed by atoms with Gasteiger partial charge in [-0.1, -0.05) is 6.07 Å². The van der Waals surface area contributed by atoms with Crippen LogP contribution in [0.1, 0.15) is 10.4 Å². The number of hydrogen-bond acceptors (Lipinski definition) is 6. The number of nitrogens with zero attached hydrogens (tertiary/aromatic N) is 5. The highest BCUT2D eigenvalue weighted by atomic mass is 19.1. The van der Waals surface area contributed by atoms with E-state index >= 15 is 0 Å². The smallest absolute Gasteiger partial charge is 0.259 e. The molecule has 0 bridgehead atoms. The van der Waals surface area contributed by atoms with Gasteiger partial charge in [0.1, 0.15) is 17.2 Å². The number of rotatable bonds is 3. The summed E-state index contributed by atoms with van der Waals surface area (Å²) < 4.78 is 33.1. The normalized spacial score (nSPS) is 17.7. The van der Waals surface area contributed by atoms with Gasteiger partial charge in [-0.3, -0.25) is 4.79 Å². The zero-order valence-corrected chi connectivity index (χ0v) is 15.4. The molecule has 0 saturated carbocycles. The first-order chi connectivity index (χ1) is 13.6. The van der Waals surface area contributed by atoms with Crippen molar-refractivity contribution in [2.24, 2.45) is 0 Å². The van der Waals surface area contributed by atoms with Gasteiger partial charge in [0.05, 0.1) is 25.1 Å². The van der Waals surface area contributed by atoms with E-state index in [2.05, 4.69) is 20.0 Å². The average Bonchev–Trinajstić information content (AvgIpc) is 2.74. The van der Waals surface area contributed by atoms with Crippen LogP contribution in [0.2, 0.25) is 0 Å². The maximum Gasteiger partial charge on any atom is 0.259 e. The largest absolute Gasteiger partial charge is 0.378 e. The molecule has 148 valence electrons. The Labute approximate surface area is 161 Å². The van der Waals surface area contributed by atoms with Crippen LogP contribution in [0.3, 0.4) is 0 Å². The number of benzene rings is 1. The molecule has 0 atom stereocenters. The molecule has 0 unspecified atom stereocenters. The van der Waals surface area contributed by atoms with Crippen LogP contribution in [-0.4, -0.2) is 73.5 Å². The first-order valence-corrected chi connectivity index (χ1v) is 9.27. The molecule has 2 saturated heterocycles. The van der Waals surface area contributed by atoms with Gasteiger partial charge in [-0.25, -0.2) is 8.78 Å². The summed E-state index contributed by atoms with van der Waals surface area (Å²) in [5.74, 6) is -1.48. The summed E-state index contributed by atoms with van der Waals surface area (Å²) in [4.78, 5) is 18.2. The number of anilines is 2. The molecule has 4 rings (SSSR count). The highest BCUT2D eigenvalue weighted by Crippen LogP contribution is 2.22. The maximum atomic E-state index is 13.9. The van der Waals surface area contributed by atoms with E-state index in [1.54, 1.807) is 6.20 Å². The van der Waals surface area contributed by atoms with E-state index in [9.17, 15) is 13.6 Å². The van der Waals surface area contributed by atoms with Gasteiger partial charge in [0, 0.05) is 45.3 Å². The predicted molar refractivity (Wildman–Crippen MR) is 99.5 cm³/mol. The summed E-state index contributed by atoms with van der Waals surface area (Å²) in [6.45, 7) is 4.73. The zero-order valence-electron chi connectivity index (χ0n) is 15.4. The van der Waals surface area contributed by atoms with Crippen LogP contribution in [0.15, 0.2) is 30.5 Å². The second kappa shape index (κ2) is 8.05. The highest BCUT2D eigenvalue weighted by Gasteiger charge is 2.27. The van der Waals surface area contributed by atoms with E-state index < -0.39 is 23.1 Å². The molecule has 3 heterocycles. The summed E-state index contributed by atoms with van der Waals surface area (Å²) in [5.41, 5.74) is 0.428. The van der Waals surface area contributed by atoms with Crippen molar-refractivity contribution >= 4 is 17.4 Å². The third-order valence-corrected chi connectivity index (χ3v) is 5.07. The van der Waals surface area contributed by atoms with Gasteiger partial charge in [0.25, 0.3) is 5.91 Å². The number of morpholine rings is 1. The van der Waals surface area contributed by atoms with Crippen molar-refractivity contribution in [3.8, 4) is 0 Å². The van der Waals surface area contributed by atoms with E-state index in [1.807, 2.05) is 6.07 Å². The van der Waals surface area contributed by atoms with Crippen molar-refractivity contribution in [2.45, 2.75) is 0 Å². The van der Waals surface area contributed by atoms with Crippen molar-refractivity contribution < 1.29 is 18.3 Å². The Morgan fingerprint density at radius 3 is 2.32 bits per heavy atom. The minimum absolute atomic E-state index is 0.377. The van der Waals surface area contributed by atoms with Crippen LogP contribution in [0.5, 0.6) is 0 Å². The van der Waals surface area contributed by atoms with Crippen LogP contribution >= 0.6 is 0 Å². The maximum absolute atomic E-state index is 13.9. The molecule has 0 spiro atoms. The molecule has 1 aromatic heterocycles. The zero-order chi connectivity index (χ0) is 19.5. The third-order valence-electron chi connectivity index (χ3n) is 5.07. The Morgan fingerprint density at radius 2 is 1.64 bits per heavy atom. The molecular formula is C19H21F2N5O2. The first kappa shape index (κ1) is 18.5. The molecule has 0 N–H and O–H groups in total. The number of carbonyl (C=O) groups is 1. The van der Waals surface area contributed by atoms with Gasteiger partial charge in [0.15, 0.2) is 5.82 Å². The van der Waals surface area contributed by atoms with E-state index in [-0.39, 0.29) is 0 Å². The molecule has 2 aliphatic heterocycles. The van der Waals surface area contributed by atoms with Crippen molar-refractivity contribution in [3.05, 3.63) is 47.7 Å². The molecular weight excluding hydrogens is 368 g/mol. The molecule has 9 heteroatoms. The third kappa shape index (κ3) is 3.75. The molecule has 1 amide bonds. The van der Waals surface area contributed by atoms with Crippen LogP contribution in [-0.2, 0) is 4.74 Å². The summed E-state index contributed by atoms with van der Waals surface area (Å²) >= 11 is 0. The van der Waals surface area contributed by atoms with Gasteiger partial charge < -0.3 is 19.4 Å². The minimum Gasteiger partial charge on any atom is -0.378 e. The number of carbonyl (C=O) groups excluding carboxylic acids is 1. The lowest BCUT2D eigenvalue weighted by atomic mass is 10.1. The summed E-state index contributed by atoms with van der Waals surface area (Å²) in [7, 11) is 0. The molecule has 2 aromatic rings. The van der Waals surface area contributed by atoms with Crippen LogP contribution in [0.25, 0.3) is 0 Å². The van der Waals surface area contributed by atoms with Crippen LogP contribution in [0, 0.1) is 11.6 Å². The Bertz CT molecular complexity index is 832. The van der Waals surface area contributed by atoms with Gasteiger partial charge in [-0.2, -0.15) is 5.10 Å². The van der Waals surface area contributed by atoms with E-state index in [0.29, 0.717) is 39.4 Å². The fourth-order valence-corrected chi connectivity index (χ4v) is 3.49. The van der Waals surface area contributed by atoms with Gasteiger partial charge in [-0.05, 0) is 12.1 Å². The van der Waals surface area contributed by atoms with Crippen molar-refractivity contribution in [1.29, 1.82) is 0 Å². The van der Waals surface area contributed by atoms with Crippen LogP contribution < -0.4 is 9.80 Å². The highest BCUT2D eigenvalue weighted by molar-refractivity contribution is 5.95. The van der Waals surface area contributed by atoms with E-state index in [4.69, 9.17) is 4.74 Å². The number of piperazine rings is 1. The Hall–Kier alpha value is -2.81.